The van der Waals surface area contributed by atoms with Crippen LogP contribution in [0.1, 0.15) is 11.3 Å². The number of aromatic nitrogens is 1. The largest absolute Gasteiger partial charge is 0.334 e. The first-order valence-corrected chi connectivity index (χ1v) is 7.36. The van der Waals surface area contributed by atoms with E-state index in [1.807, 2.05) is 37.3 Å². The van der Waals surface area contributed by atoms with Crippen molar-refractivity contribution in [3.05, 3.63) is 41.6 Å². The minimum absolute atomic E-state index is 0.240. The van der Waals surface area contributed by atoms with Crippen LogP contribution in [0, 0.1) is 6.92 Å². The molecule has 0 spiro atoms. The van der Waals surface area contributed by atoms with Crippen LogP contribution in [0.4, 0.5) is 0 Å². The van der Waals surface area contributed by atoms with Gasteiger partial charge in [-0.1, -0.05) is 18.2 Å². The number of hydrogen-bond acceptors (Lipinski definition) is 4. The van der Waals surface area contributed by atoms with Gasteiger partial charge in [0, 0.05) is 25.3 Å². The molecule has 0 atom stereocenters. The molecule has 0 saturated carbocycles. The zero-order valence-electron chi connectivity index (χ0n) is 10.7. The van der Waals surface area contributed by atoms with Crippen molar-refractivity contribution < 1.29 is 13.6 Å². The molecule has 0 radical (unpaired) electrons. The normalized spacial score (nSPS) is 11.9. The highest BCUT2D eigenvalue weighted by atomic mass is 31.2. The summed E-state index contributed by atoms with van der Waals surface area (Å²) < 4.78 is 22.1. The van der Waals surface area contributed by atoms with Gasteiger partial charge in [-0.25, -0.2) is 0 Å². The Morgan fingerprint density at radius 1 is 1.22 bits per heavy atom. The van der Waals surface area contributed by atoms with E-state index in [9.17, 15) is 4.57 Å². The van der Waals surface area contributed by atoms with Crippen molar-refractivity contribution in [2.75, 3.05) is 14.2 Å². The minimum Gasteiger partial charge on any atom is -0.312 e. The van der Waals surface area contributed by atoms with Gasteiger partial charge in [0.2, 0.25) is 0 Å². The average molecular weight is 265 g/mol. The summed E-state index contributed by atoms with van der Waals surface area (Å²) in [5, 5.41) is 1.02. The van der Waals surface area contributed by atoms with E-state index in [1.165, 1.54) is 14.2 Å². The Kier molecular flexibility index (Phi) is 3.81. The Balaban J connectivity index is 2.45. The number of hydrogen-bond donors (Lipinski definition) is 0. The highest BCUT2D eigenvalue weighted by molar-refractivity contribution is 7.52. The molecular formula is C13H16NO3P. The maximum Gasteiger partial charge on any atom is 0.334 e. The van der Waals surface area contributed by atoms with Gasteiger partial charge >= 0.3 is 7.60 Å². The molecule has 0 N–H and O–H groups in total. The molecule has 0 aliphatic carbocycles. The highest BCUT2D eigenvalue weighted by Gasteiger charge is 2.23. The van der Waals surface area contributed by atoms with Crippen molar-refractivity contribution in [2.24, 2.45) is 0 Å². The summed E-state index contributed by atoms with van der Waals surface area (Å²) in [5.41, 5.74) is 2.67. The standard InChI is InChI=1S/C13H16NO3P/c1-10-12(9-18(15,16-2)17-3)8-11-6-4-5-7-13(11)14-10/h4-8H,9H2,1-3H3. The molecule has 18 heavy (non-hydrogen) atoms. The predicted octanol–water partition coefficient (Wildman–Crippen LogP) is 3.53. The number of rotatable bonds is 4. The second-order valence-electron chi connectivity index (χ2n) is 4.06. The van der Waals surface area contributed by atoms with Gasteiger partial charge in [-0.3, -0.25) is 9.55 Å². The van der Waals surface area contributed by atoms with Gasteiger partial charge < -0.3 is 9.05 Å². The summed E-state index contributed by atoms with van der Waals surface area (Å²) in [4.78, 5) is 4.50. The third kappa shape index (κ3) is 2.61. The Bertz CT molecular complexity index is 604. The number of fused-ring (bicyclic) bond motifs is 1. The Hall–Kier alpha value is -1.22. The van der Waals surface area contributed by atoms with Crippen LogP contribution in [-0.2, 0) is 19.8 Å². The van der Waals surface area contributed by atoms with Crippen molar-refractivity contribution in [3.8, 4) is 0 Å². The first-order valence-electron chi connectivity index (χ1n) is 5.64. The fourth-order valence-electron chi connectivity index (χ4n) is 1.83. The lowest BCUT2D eigenvalue weighted by Gasteiger charge is -2.15. The van der Waals surface area contributed by atoms with Crippen molar-refractivity contribution >= 4 is 18.5 Å². The van der Waals surface area contributed by atoms with E-state index in [0.29, 0.717) is 0 Å². The maximum absolute atomic E-state index is 12.1. The Morgan fingerprint density at radius 3 is 2.56 bits per heavy atom. The Labute approximate surface area is 106 Å². The molecule has 1 heterocycles. The quantitative estimate of drug-likeness (QED) is 0.793. The Morgan fingerprint density at radius 2 is 1.89 bits per heavy atom. The fraction of sp³-hybridized carbons (Fsp3) is 0.308. The second-order valence-corrected chi connectivity index (χ2v) is 6.33. The second kappa shape index (κ2) is 5.19. The van der Waals surface area contributed by atoms with Crippen LogP contribution in [-0.4, -0.2) is 19.2 Å². The first kappa shape index (κ1) is 13.2. The molecule has 1 aromatic heterocycles. The molecule has 0 aliphatic rings. The summed E-state index contributed by atoms with van der Waals surface area (Å²) in [6.07, 6.45) is 0.240. The number of aryl methyl sites for hydroxylation is 1. The summed E-state index contributed by atoms with van der Waals surface area (Å²) in [6.45, 7) is 1.90. The van der Waals surface area contributed by atoms with Crippen molar-refractivity contribution in [3.63, 3.8) is 0 Å². The van der Waals surface area contributed by atoms with Crippen molar-refractivity contribution in [1.82, 2.24) is 4.98 Å². The molecule has 2 rings (SSSR count). The topological polar surface area (TPSA) is 48.4 Å². The van der Waals surface area contributed by atoms with Gasteiger partial charge in [0.15, 0.2) is 0 Å². The predicted molar refractivity (Wildman–Crippen MR) is 71.8 cm³/mol. The zero-order valence-corrected chi connectivity index (χ0v) is 11.6. The van der Waals surface area contributed by atoms with Crippen molar-refractivity contribution in [1.29, 1.82) is 0 Å². The van der Waals surface area contributed by atoms with Gasteiger partial charge in [0.1, 0.15) is 0 Å². The zero-order chi connectivity index (χ0) is 13.2. The minimum atomic E-state index is -3.05. The van der Waals surface area contributed by atoms with Crippen LogP contribution in [0.2, 0.25) is 0 Å². The van der Waals surface area contributed by atoms with Crippen LogP contribution >= 0.6 is 7.60 Å². The molecule has 0 unspecified atom stereocenters. The first-order chi connectivity index (χ1) is 8.58. The highest BCUT2D eigenvalue weighted by Crippen LogP contribution is 2.50. The van der Waals surface area contributed by atoms with Crippen LogP contribution in [0.15, 0.2) is 30.3 Å². The number of nitrogens with zero attached hydrogens (tertiary/aromatic N) is 1. The van der Waals surface area contributed by atoms with Crippen LogP contribution < -0.4 is 0 Å². The smallest absolute Gasteiger partial charge is 0.312 e. The molecule has 0 saturated heterocycles. The van der Waals surface area contributed by atoms with E-state index < -0.39 is 7.60 Å². The number of pyridine rings is 1. The van der Waals surface area contributed by atoms with Gasteiger partial charge in [-0.05, 0) is 24.6 Å². The third-order valence-electron chi connectivity index (χ3n) is 2.94. The summed E-state index contributed by atoms with van der Waals surface area (Å²) >= 11 is 0. The van der Waals surface area contributed by atoms with E-state index in [-0.39, 0.29) is 6.16 Å². The third-order valence-corrected chi connectivity index (χ3v) is 4.78. The molecule has 0 aliphatic heterocycles. The molecule has 0 fully saturated rings. The molecule has 1 aromatic carbocycles. The van der Waals surface area contributed by atoms with Gasteiger partial charge in [-0.15, -0.1) is 0 Å². The fourth-order valence-corrected chi connectivity index (χ4v) is 2.97. The van der Waals surface area contributed by atoms with Gasteiger partial charge in [0.25, 0.3) is 0 Å². The summed E-state index contributed by atoms with van der Waals surface area (Å²) in [7, 11) is -0.254. The molecule has 4 nitrogen and oxygen atoms in total. The number of para-hydroxylation sites is 1. The molecular weight excluding hydrogens is 249 g/mol. The summed E-state index contributed by atoms with van der Waals surface area (Å²) in [5.74, 6) is 0. The van der Waals surface area contributed by atoms with E-state index in [0.717, 1.165) is 22.2 Å². The van der Waals surface area contributed by atoms with E-state index in [2.05, 4.69) is 4.98 Å². The molecule has 2 aromatic rings. The molecule has 5 heteroatoms. The van der Waals surface area contributed by atoms with Crippen molar-refractivity contribution in [2.45, 2.75) is 13.1 Å². The van der Waals surface area contributed by atoms with Crippen LogP contribution in [0.3, 0.4) is 0 Å². The lowest BCUT2D eigenvalue weighted by atomic mass is 10.1. The summed E-state index contributed by atoms with van der Waals surface area (Å²) in [6, 6.07) is 9.83. The molecule has 0 amide bonds. The average Bonchev–Trinajstić information content (AvgIpc) is 2.39. The van der Waals surface area contributed by atoms with Gasteiger partial charge in [-0.2, -0.15) is 0 Å². The SMILES string of the molecule is COP(=O)(Cc1cc2ccccc2nc1C)OC. The maximum atomic E-state index is 12.1. The number of benzene rings is 1. The monoisotopic (exact) mass is 265 g/mol. The molecule has 0 bridgehead atoms. The van der Waals surface area contributed by atoms with Gasteiger partial charge in [0.05, 0.1) is 11.7 Å². The molecule has 96 valence electrons. The van der Waals surface area contributed by atoms with Crippen LogP contribution in [0.25, 0.3) is 10.9 Å². The van der Waals surface area contributed by atoms with E-state index >= 15 is 0 Å². The lowest BCUT2D eigenvalue weighted by molar-refractivity contribution is 0.274. The van der Waals surface area contributed by atoms with E-state index in [4.69, 9.17) is 9.05 Å². The van der Waals surface area contributed by atoms with Crippen LogP contribution in [0.5, 0.6) is 0 Å². The van der Waals surface area contributed by atoms with E-state index in [1.54, 1.807) is 0 Å². The lowest BCUT2D eigenvalue weighted by Crippen LogP contribution is -1.98.